The normalized spacial score (nSPS) is 24.6. The second-order valence-corrected chi connectivity index (χ2v) is 8.86. The molecule has 5 rings (SSSR count). The number of hydrogen-bond donors (Lipinski definition) is 2. The third-order valence-electron chi connectivity index (χ3n) is 6.63. The van der Waals surface area contributed by atoms with Crippen molar-refractivity contribution in [3.8, 4) is 0 Å². The Bertz CT molecular complexity index is 1260. The lowest BCUT2D eigenvalue weighted by Crippen LogP contribution is -2.62. The summed E-state index contributed by atoms with van der Waals surface area (Å²) in [5.41, 5.74) is 4.72. The summed E-state index contributed by atoms with van der Waals surface area (Å²) in [6, 6.07) is 6.16. The number of benzene rings is 1. The zero-order chi connectivity index (χ0) is 24.2. The van der Waals surface area contributed by atoms with Crippen LogP contribution in [0.2, 0.25) is 0 Å². The lowest BCUT2D eigenvalue weighted by atomic mass is 9.88. The predicted octanol–water partition coefficient (Wildman–Crippen LogP) is 3.95. The maximum Gasteiger partial charge on any atom is 0.420 e. The molecule has 3 atom stereocenters. The second kappa shape index (κ2) is 8.02. The van der Waals surface area contributed by atoms with E-state index < -0.39 is 11.7 Å². The summed E-state index contributed by atoms with van der Waals surface area (Å²) in [7, 11) is 0. The van der Waals surface area contributed by atoms with Crippen molar-refractivity contribution in [3.05, 3.63) is 46.5 Å². The lowest BCUT2D eigenvalue weighted by Gasteiger charge is -2.48. The van der Waals surface area contributed by atoms with Gasteiger partial charge in [-0.1, -0.05) is 17.2 Å². The van der Waals surface area contributed by atoms with Crippen molar-refractivity contribution in [1.82, 2.24) is 15.5 Å². The minimum atomic E-state index is -4.38. The SMILES string of the molecule is Cc1cc(C2CCC(=O)NC2=O)ccc1N1C[C@H](Nc2nnc(C3=C=C(C(F)(F)F)C3)o2)[C@H]1C.[HH].[HH]. The van der Waals surface area contributed by atoms with Crippen LogP contribution in [0.4, 0.5) is 24.9 Å². The summed E-state index contributed by atoms with van der Waals surface area (Å²) >= 11 is 0. The molecule has 2 fully saturated rings. The third kappa shape index (κ3) is 3.96. The van der Waals surface area contributed by atoms with E-state index in [1.54, 1.807) is 0 Å². The summed E-state index contributed by atoms with van der Waals surface area (Å²) in [5, 5.41) is 13.3. The van der Waals surface area contributed by atoms with Crippen molar-refractivity contribution in [1.29, 1.82) is 0 Å². The number of aryl methyl sites for hydroxylation is 1. The highest BCUT2D eigenvalue weighted by atomic mass is 19.4. The molecule has 11 heteroatoms. The summed E-state index contributed by atoms with van der Waals surface area (Å²) in [6.45, 7) is 4.69. The molecule has 8 nitrogen and oxygen atoms in total. The molecule has 1 aliphatic carbocycles. The number of nitrogens with one attached hydrogen (secondary N) is 2. The summed E-state index contributed by atoms with van der Waals surface area (Å²) in [6.07, 6.45) is -3.82. The quantitative estimate of drug-likeness (QED) is 0.497. The van der Waals surface area contributed by atoms with Gasteiger partial charge in [0.15, 0.2) is 0 Å². The van der Waals surface area contributed by atoms with E-state index in [-0.39, 0.29) is 56.6 Å². The van der Waals surface area contributed by atoms with Gasteiger partial charge in [-0.2, -0.15) is 13.2 Å². The van der Waals surface area contributed by atoms with E-state index in [0.717, 1.165) is 16.8 Å². The number of alkyl halides is 3. The van der Waals surface area contributed by atoms with E-state index in [4.69, 9.17) is 4.42 Å². The molecule has 2 N–H and O–H groups in total. The smallest absolute Gasteiger partial charge is 0.403 e. The Morgan fingerprint density at radius 2 is 2.06 bits per heavy atom. The number of amides is 2. The van der Waals surface area contributed by atoms with Gasteiger partial charge in [0.1, 0.15) is 0 Å². The molecule has 2 aliphatic heterocycles. The number of piperidine rings is 1. The number of allylic oxidation sites excluding steroid dienone is 1. The monoisotopic (exact) mass is 477 g/mol. The van der Waals surface area contributed by atoms with Crippen LogP contribution in [0, 0.1) is 6.92 Å². The molecule has 1 unspecified atom stereocenters. The van der Waals surface area contributed by atoms with Crippen LogP contribution in [0.1, 0.15) is 52.0 Å². The number of aromatic nitrogens is 2. The van der Waals surface area contributed by atoms with E-state index in [0.29, 0.717) is 19.4 Å². The molecule has 3 heterocycles. The predicted molar refractivity (Wildman–Crippen MR) is 120 cm³/mol. The van der Waals surface area contributed by atoms with Crippen LogP contribution in [-0.2, 0) is 9.59 Å². The average molecular weight is 477 g/mol. The Kier molecular flexibility index (Phi) is 5.24. The van der Waals surface area contributed by atoms with Crippen LogP contribution in [0.5, 0.6) is 0 Å². The molecule has 182 valence electrons. The Balaban J connectivity index is 0.00000180. The van der Waals surface area contributed by atoms with E-state index >= 15 is 0 Å². The first-order valence-electron chi connectivity index (χ1n) is 11.0. The van der Waals surface area contributed by atoms with E-state index in [1.807, 2.05) is 32.0 Å². The number of imide groups is 1. The van der Waals surface area contributed by atoms with Crippen LogP contribution in [0.25, 0.3) is 5.57 Å². The molecule has 0 saturated carbocycles. The standard InChI is InChI=1S/C23H22F3N5O3.2H2/c1-11-7-13(16-4-6-19(32)28-20(16)33)3-5-18(11)31-10-17(12(31)2)27-22-30-29-21(34-22)14-8-15(9-14)23(24,25)26;;/h3,5,7,12,16-17H,4,6,8,10H2,1-2H3,(H,27,30)(H,28,32,33);2*1H/t12-,16?,17+;;/m1../s1. The zero-order valence-corrected chi connectivity index (χ0v) is 18.5. The fourth-order valence-electron chi connectivity index (χ4n) is 4.53. The molecule has 0 bridgehead atoms. The maximum absolute atomic E-state index is 12.6. The lowest BCUT2D eigenvalue weighted by molar-refractivity contribution is -0.134. The van der Waals surface area contributed by atoms with Crippen LogP contribution in [-0.4, -0.2) is 46.8 Å². The molecule has 0 radical (unpaired) electrons. The fraction of sp³-hybridized carbons (Fsp3) is 0.435. The van der Waals surface area contributed by atoms with Gasteiger partial charge in [-0.3, -0.25) is 14.9 Å². The average Bonchev–Trinajstić information content (AvgIpc) is 3.17. The Morgan fingerprint density at radius 1 is 1.29 bits per heavy atom. The molecular formula is C23H26F3N5O3. The molecular weight excluding hydrogens is 451 g/mol. The molecule has 34 heavy (non-hydrogen) atoms. The number of anilines is 2. The number of carbonyl (C=O) groups is 2. The largest absolute Gasteiger partial charge is 0.420 e. The highest BCUT2D eigenvalue weighted by molar-refractivity contribution is 6.01. The molecule has 2 aromatic rings. The minimum absolute atomic E-state index is 0. The van der Waals surface area contributed by atoms with Crippen molar-refractivity contribution in [3.63, 3.8) is 0 Å². The van der Waals surface area contributed by atoms with Crippen molar-refractivity contribution in [2.45, 2.75) is 57.3 Å². The van der Waals surface area contributed by atoms with E-state index in [1.165, 1.54) is 0 Å². The van der Waals surface area contributed by atoms with Crippen LogP contribution in [0.15, 0.2) is 33.9 Å². The summed E-state index contributed by atoms with van der Waals surface area (Å²) < 4.78 is 43.2. The highest BCUT2D eigenvalue weighted by Gasteiger charge is 2.40. The number of hydrogen-bond acceptors (Lipinski definition) is 7. The fourth-order valence-corrected chi connectivity index (χ4v) is 4.53. The zero-order valence-electron chi connectivity index (χ0n) is 18.5. The number of nitrogens with zero attached hydrogens (tertiary/aromatic N) is 3. The first-order chi connectivity index (χ1) is 16.1. The van der Waals surface area contributed by atoms with Crippen molar-refractivity contribution in [2.24, 2.45) is 0 Å². The van der Waals surface area contributed by atoms with Crippen LogP contribution < -0.4 is 15.5 Å². The molecule has 2 amide bonds. The van der Waals surface area contributed by atoms with Gasteiger partial charge in [-0.25, -0.2) is 0 Å². The topological polar surface area (TPSA) is 100 Å². The van der Waals surface area contributed by atoms with Crippen LogP contribution in [0.3, 0.4) is 0 Å². The summed E-state index contributed by atoms with van der Waals surface area (Å²) in [5.74, 6) is -0.776. The van der Waals surface area contributed by atoms with E-state index in [9.17, 15) is 22.8 Å². The van der Waals surface area contributed by atoms with Crippen molar-refractivity contribution in [2.75, 3.05) is 16.8 Å². The molecule has 0 spiro atoms. The second-order valence-electron chi connectivity index (χ2n) is 8.86. The van der Waals surface area contributed by atoms with Gasteiger partial charge in [-0.15, -0.1) is 10.8 Å². The Hall–Kier alpha value is -3.59. The molecule has 1 aromatic heterocycles. The third-order valence-corrected chi connectivity index (χ3v) is 6.63. The van der Waals surface area contributed by atoms with Crippen molar-refractivity contribution < 1.29 is 30.0 Å². The van der Waals surface area contributed by atoms with Gasteiger partial charge in [0.2, 0.25) is 11.8 Å². The Morgan fingerprint density at radius 3 is 2.71 bits per heavy atom. The maximum atomic E-state index is 12.6. The van der Waals surface area contributed by atoms with Gasteiger partial charge >= 0.3 is 12.2 Å². The Labute approximate surface area is 195 Å². The van der Waals surface area contributed by atoms with Crippen molar-refractivity contribution >= 4 is 29.1 Å². The highest BCUT2D eigenvalue weighted by Crippen LogP contribution is 2.39. The number of halogens is 3. The van der Waals surface area contributed by atoms with Gasteiger partial charge < -0.3 is 14.6 Å². The van der Waals surface area contributed by atoms with Gasteiger partial charge in [0.25, 0.3) is 5.89 Å². The van der Waals surface area contributed by atoms with Gasteiger partial charge in [0.05, 0.1) is 23.1 Å². The number of carbonyl (C=O) groups excluding carboxylic acids is 2. The van der Waals surface area contributed by atoms with E-state index in [2.05, 4.69) is 31.5 Å². The molecule has 1 aromatic carbocycles. The summed E-state index contributed by atoms with van der Waals surface area (Å²) in [4.78, 5) is 25.8. The first kappa shape index (κ1) is 22.2. The van der Waals surface area contributed by atoms with Crippen LogP contribution >= 0.6 is 0 Å². The van der Waals surface area contributed by atoms with Gasteiger partial charge in [0, 0.05) is 34.0 Å². The van der Waals surface area contributed by atoms with Gasteiger partial charge in [-0.05, 0) is 37.5 Å². The minimum Gasteiger partial charge on any atom is -0.403 e. The first-order valence-corrected chi connectivity index (χ1v) is 11.0. The molecule has 2 saturated heterocycles. The number of rotatable bonds is 5. The molecule has 3 aliphatic rings.